The van der Waals surface area contributed by atoms with E-state index in [2.05, 4.69) is 36.8 Å². The lowest BCUT2D eigenvalue weighted by Gasteiger charge is -2.20. The van der Waals surface area contributed by atoms with Crippen LogP contribution in [0.4, 0.5) is 0 Å². The minimum atomic E-state index is 0.143. The van der Waals surface area contributed by atoms with Crippen LogP contribution in [0.15, 0.2) is 30.7 Å². The molecular formula is C14H20N2. The molecule has 0 aliphatic carbocycles. The number of pyridine rings is 2. The van der Waals surface area contributed by atoms with Gasteiger partial charge in [0, 0.05) is 24.0 Å². The maximum Gasteiger partial charge on any atom is 0.0735 e. The van der Waals surface area contributed by atoms with Crippen molar-refractivity contribution >= 4 is 10.9 Å². The summed E-state index contributed by atoms with van der Waals surface area (Å²) in [5.41, 5.74) is 2.47. The van der Waals surface area contributed by atoms with Gasteiger partial charge < -0.3 is 0 Å². The number of rotatable bonds is 0. The highest BCUT2D eigenvalue weighted by Gasteiger charge is 2.16. The molecule has 0 aromatic carbocycles. The van der Waals surface area contributed by atoms with Crippen molar-refractivity contribution in [1.82, 2.24) is 9.97 Å². The minimum absolute atomic E-state index is 0.143. The molecule has 0 N–H and O–H groups in total. The van der Waals surface area contributed by atoms with Gasteiger partial charge in [0.1, 0.15) is 0 Å². The van der Waals surface area contributed by atoms with Crippen molar-refractivity contribution in [1.29, 1.82) is 0 Å². The first kappa shape index (κ1) is 12.6. The first-order chi connectivity index (χ1) is 7.59. The second kappa shape index (κ2) is 5.06. The fourth-order valence-corrected chi connectivity index (χ4v) is 1.64. The van der Waals surface area contributed by atoms with Crippen molar-refractivity contribution in [3.05, 3.63) is 36.3 Å². The highest BCUT2D eigenvalue weighted by molar-refractivity contribution is 5.81. The Morgan fingerprint density at radius 3 is 2.31 bits per heavy atom. The van der Waals surface area contributed by atoms with Crippen molar-refractivity contribution < 1.29 is 0 Å². The quantitative estimate of drug-likeness (QED) is 0.666. The Labute approximate surface area is 97.7 Å². The summed E-state index contributed by atoms with van der Waals surface area (Å²) in [6, 6.07) is 4.02. The van der Waals surface area contributed by atoms with Gasteiger partial charge in [-0.05, 0) is 23.1 Å². The van der Waals surface area contributed by atoms with E-state index in [0.29, 0.717) is 0 Å². The molecule has 0 aliphatic heterocycles. The Bertz CT molecular complexity index is 450. The van der Waals surface area contributed by atoms with Crippen LogP contribution < -0.4 is 0 Å². The van der Waals surface area contributed by atoms with Gasteiger partial charge in [0.2, 0.25) is 0 Å². The zero-order chi connectivity index (χ0) is 12.2. The van der Waals surface area contributed by atoms with Gasteiger partial charge in [-0.2, -0.15) is 0 Å². The van der Waals surface area contributed by atoms with Crippen LogP contribution in [0.3, 0.4) is 0 Å². The molecular weight excluding hydrogens is 196 g/mol. The molecule has 2 rings (SSSR count). The Morgan fingerprint density at radius 2 is 1.69 bits per heavy atom. The van der Waals surface area contributed by atoms with Crippen LogP contribution in [0.1, 0.15) is 40.2 Å². The number of nitrogens with zero attached hydrogens (tertiary/aromatic N) is 2. The second-order valence-corrected chi connectivity index (χ2v) is 4.50. The van der Waals surface area contributed by atoms with E-state index in [1.807, 2.05) is 32.3 Å². The summed E-state index contributed by atoms with van der Waals surface area (Å²) in [7, 11) is 0. The van der Waals surface area contributed by atoms with E-state index in [0.717, 1.165) is 10.9 Å². The van der Waals surface area contributed by atoms with Crippen molar-refractivity contribution in [2.45, 2.75) is 40.0 Å². The predicted molar refractivity (Wildman–Crippen MR) is 69.6 cm³/mol. The lowest BCUT2D eigenvalue weighted by molar-refractivity contribution is 0.595. The molecule has 0 saturated carbocycles. The zero-order valence-electron chi connectivity index (χ0n) is 10.8. The van der Waals surface area contributed by atoms with Crippen LogP contribution in [0.2, 0.25) is 0 Å². The van der Waals surface area contributed by atoms with E-state index >= 15 is 0 Å². The van der Waals surface area contributed by atoms with Crippen LogP contribution in [0, 0.1) is 0 Å². The van der Waals surface area contributed by atoms with Gasteiger partial charge in [-0.3, -0.25) is 9.97 Å². The number of hydrogen-bond donors (Lipinski definition) is 0. The highest BCUT2D eigenvalue weighted by atomic mass is 14.7. The SMILES string of the molecule is CC.CC(C)(C)c1ccnc2ccncc12. The molecule has 0 atom stereocenters. The maximum absolute atomic E-state index is 4.32. The largest absolute Gasteiger partial charge is 0.264 e. The Balaban J connectivity index is 0.000000606. The molecule has 0 unspecified atom stereocenters. The fourth-order valence-electron chi connectivity index (χ4n) is 1.64. The first-order valence-corrected chi connectivity index (χ1v) is 5.78. The molecule has 2 nitrogen and oxygen atoms in total. The van der Waals surface area contributed by atoms with Gasteiger partial charge >= 0.3 is 0 Å². The number of aromatic nitrogens is 2. The molecule has 2 aromatic rings. The summed E-state index contributed by atoms with van der Waals surface area (Å²) >= 11 is 0. The van der Waals surface area contributed by atoms with Gasteiger partial charge in [0.05, 0.1) is 5.52 Å². The summed E-state index contributed by atoms with van der Waals surface area (Å²) in [6.07, 6.45) is 5.54. The van der Waals surface area contributed by atoms with Gasteiger partial charge in [0.25, 0.3) is 0 Å². The lowest BCUT2D eigenvalue weighted by atomic mass is 9.85. The summed E-state index contributed by atoms with van der Waals surface area (Å²) in [6.45, 7) is 10.6. The fraction of sp³-hybridized carbons (Fsp3) is 0.429. The van der Waals surface area contributed by atoms with Crippen LogP contribution in [0.5, 0.6) is 0 Å². The van der Waals surface area contributed by atoms with Crippen LogP contribution >= 0.6 is 0 Å². The molecule has 16 heavy (non-hydrogen) atoms. The van der Waals surface area contributed by atoms with Gasteiger partial charge in [-0.25, -0.2) is 0 Å². The molecule has 0 bridgehead atoms. The van der Waals surface area contributed by atoms with Crippen LogP contribution in [-0.4, -0.2) is 9.97 Å². The van der Waals surface area contributed by atoms with Gasteiger partial charge in [-0.15, -0.1) is 0 Å². The van der Waals surface area contributed by atoms with E-state index in [1.54, 1.807) is 6.20 Å². The van der Waals surface area contributed by atoms with E-state index in [9.17, 15) is 0 Å². The average molecular weight is 216 g/mol. The molecule has 2 heterocycles. The second-order valence-electron chi connectivity index (χ2n) is 4.50. The van der Waals surface area contributed by atoms with Crippen molar-refractivity contribution in [2.24, 2.45) is 0 Å². The van der Waals surface area contributed by atoms with Crippen LogP contribution in [-0.2, 0) is 5.41 Å². The zero-order valence-corrected chi connectivity index (χ0v) is 10.8. The minimum Gasteiger partial charge on any atom is -0.264 e. The van der Waals surface area contributed by atoms with E-state index in [4.69, 9.17) is 0 Å². The van der Waals surface area contributed by atoms with Gasteiger partial charge in [-0.1, -0.05) is 34.6 Å². The van der Waals surface area contributed by atoms with E-state index < -0.39 is 0 Å². The topological polar surface area (TPSA) is 25.8 Å². The summed E-state index contributed by atoms with van der Waals surface area (Å²) in [4.78, 5) is 8.46. The van der Waals surface area contributed by atoms with Crippen molar-refractivity contribution in [3.8, 4) is 0 Å². The van der Waals surface area contributed by atoms with E-state index in [-0.39, 0.29) is 5.41 Å². The molecule has 2 heteroatoms. The van der Waals surface area contributed by atoms with E-state index in [1.165, 1.54) is 5.56 Å². The molecule has 0 spiro atoms. The van der Waals surface area contributed by atoms with Crippen LogP contribution in [0.25, 0.3) is 10.9 Å². The highest BCUT2D eigenvalue weighted by Crippen LogP contribution is 2.27. The molecule has 0 saturated heterocycles. The summed E-state index contributed by atoms with van der Waals surface area (Å²) in [5, 5.41) is 1.16. The lowest BCUT2D eigenvalue weighted by Crippen LogP contribution is -2.11. The normalized spacial score (nSPS) is 10.8. The predicted octanol–water partition coefficient (Wildman–Crippen LogP) is 3.95. The smallest absolute Gasteiger partial charge is 0.0735 e. The average Bonchev–Trinajstić information content (AvgIpc) is 2.30. The molecule has 0 fully saturated rings. The molecule has 0 aliphatic rings. The van der Waals surface area contributed by atoms with Crippen molar-refractivity contribution in [2.75, 3.05) is 0 Å². The summed E-state index contributed by atoms with van der Waals surface area (Å²) < 4.78 is 0. The number of fused-ring (bicyclic) bond motifs is 1. The third-order valence-corrected chi connectivity index (χ3v) is 2.35. The number of hydrogen-bond acceptors (Lipinski definition) is 2. The summed E-state index contributed by atoms with van der Waals surface area (Å²) in [5.74, 6) is 0. The molecule has 2 aromatic heterocycles. The van der Waals surface area contributed by atoms with Gasteiger partial charge in [0.15, 0.2) is 0 Å². The maximum atomic E-state index is 4.32. The monoisotopic (exact) mass is 216 g/mol. The Morgan fingerprint density at radius 1 is 1.00 bits per heavy atom. The first-order valence-electron chi connectivity index (χ1n) is 5.78. The molecule has 0 amide bonds. The molecule has 86 valence electrons. The molecule has 0 radical (unpaired) electrons. The van der Waals surface area contributed by atoms with Crippen molar-refractivity contribution in [3.63, 3.8) is 0 Å². The third-order valence-electron chi connectivity index (χ3n) is 2.35. The standard InChI is InChI=1S/C12H14N2.C2H6/c1-12(2,3)10-4-7-14-11-5-6-13-8-9(10)11;1-2/h4-8H,1-3H3;1-2H3. The Hall–Kier alpha value is -1.44. The Kier molecular flexibility index (Phi) is 3.99. The third kappa shape index (κ3) is 2.57.